The average molecular weight is 390 g/mol. The predicted octanol–water partition coefficient (Wildman–Crippen LogP) is 3.00. The van der Waals surface area contributed by atoms with E-state index in [0.717, 1.165) is 40.4 Å². The van der Waals surface area contributed by atoms with Gasteiger partial charge in [0.15, 0.2) is 0 Å². The molecule has 1 amide bonds. The third kappa shape index (κ3) is 3.38. The number of hydrogen-bond donors (Lipinski definition) is 1. The number of nitrogens with zero attached hydrogens (tertiary/aromatic N) is 2. The van der Waals surface area contributed by atoms with Gasteiger partial charge in [0.05, 0.1) is 10.5 Å². The van der Waals surface area contributed by atoms with E-state index in [1.54, 1.807) is 6.07 Å². The maximum atomic E-state index is 12.6. The minimum atomic E-state index is -3.62. The lowest BCUT2D eigenvalue weighted by atomic mass is 9.96. The third-order valence-electron chi connectivity index (χ3n) is 4.38. The number of nitriles is 1. The summed E-state index contributed by atoms with van der Waals surface area (Å²) in [5.41, 5.74) is 1.82. The van der Waals surface area contributed by atoms with Crippen molar-refractivity contribution in [3.05, 3.63) is 45.8 Å². The van der Waals surface area contributed by atoms with E-state index in [9.17, 15) is 18.5 Å². The molecule has 0 spiro atoms. The van der Waals surface area contributed by atoms with E-state index < -0.39 is 15.9 Å². The quantitative estimate of drug-likeness (QED) is 0.870. The number of benzene rings is 1. The van der Waals surface area contributed by atoms with Gasteiger partial charge in [-0.15, -0.1) is 11.3 Å². The van der Waals surface area contributed by atoms with Gasteiger partial charge in [0.1, 0.15) is 11.1 Å². The number of anilines is 1. The van der Waals surface area contributed by atoms with Crippen LogP contribution in [0.15, 0.2) is 29.2 Å². The SMILES string of the molecule is CN(C)S(=O)(=O)c1cccc(C(=O)Nc2sc3c(c2C#N)CCCC3)c1. The highest BCUT2D eigenvalue weighted by Crippen LogP contribution is 2.37. The molecule has 8 heteroatoms. The molecule has 136 valence electrons. The fourth-order valence-electron chi connectivity index (χ4n) is 2.96. The molecule has 1 aliphatic carbocycles. The number of hydrogen-bond acceptors (Lipinski definition) is 5. The first-order valence-electron chi connectivity index (χ1n) is 8.23. The van der Waals surface area contributed by atoms with E-state index in [1.807, 2.05) is 0 Å². The maximum absolute atomic E-state index is 12.6. The highest BCUT2D eigenvalue weighted by molar-refractivity contribution is 7.89. The number of nitrogens with one attached hydrogen (secondary N) is 1. The monoisotopic (exact) mass is 389 g/mol. The molecule has 6 nitrogen and oxygen atoms in total. The number of aryl methyl sites for hydroxylation is 1. The Balaban J connectivity index is 1.90. The van der Waals surface area contributed by atoms with Crippen molar-refractivity contribution in [1.29, 1.82) is 5.26 Å². The summed E-state index contributed by atoms with van der Waals surface area (Å²) in [6, 6.07) is 8.11. The van der Waals surface area contributed by atoms with Crippen molar-refractivity contribution in [3.63, 3.8) is 0 Å². The van der Waals surface area contributed by atoms with Crippen LogP contribution in [0.4, 0.5) is 5.00 Å². The molecule has 26 heavy (non-hydrogen) atoms. The lowest BCUT2D eigenvalue weighted by Gasteiger charge is -2.12. The average Bonchev–Trinajstić information content (AvgIpc) is 2.98. The molecular weight excluding hydrogens is 370 g/mol. The minimum Gasteiger partial charge on any atom is -0.312 e. The Hall–Kier alpha value is -2.21. The molecule has 1 aromatic carbocycles. The van der Waals surface area contributed by atoms with Gasteiger partial charge in [0.25, 0.3) is 5.91 Å². The zero-order valence-corrected chi connectivity index (χ0v) is 16.2. The van der Waals surface area contributed by atoms with Crippen LogP contribution in [-0.2, 0) is 22.9 Å². The van der Waals surface area contributed by atoms with Crippen molar-refractivity contribution in [1.82, 2.24) is 4.31 Å². The Kier molecular flexibility index (Phi) is 5.14. The molecule has 2 aromatic rings. The Morgan fingerprint density at radius 2 is 2.00 bits per heavy atom. The highest BCUT2D eigenvalue weighted by atomic mass is 32.2. The van der Waals surface area contributed by atoms with Crippen LogP contribution in [0, 0.1) is 11.3 Å². The number of fused-ring (bicyclic) bond motifs is 1. The fourth-order valence-corrected chi connectivity index (χ4v) is 5.14. The molecular formula is C18H19N3O3S2. The second-order valence-electron chi connectivity index (χ2n) is 6.30. The van der Waals surface area contributed by atoms with Gasteiger partial charge < -0.3 is 5.32 Å². The van der Waals surface area contributed by atoms with E-state index in [2.05, 4.69) is 11.4 Å². The first-order valence-corrected chi connectivity index (χ1v) is 10.5. The van der Waals surface area contributed by atoms with Gasteiger partial charge in [-0.3, -0.25) is 4.79 Å². The molecule has 1 N–H and O–H groups in total. The van der Waals surface area contributed by atoms with Crippen LogP contribution in [0.25, 0.3) is 0 Å². The predicted molar refractivity (Wildman–Crippen MR) is 101 cm³/mol. The summed E-state index contributed by atoms with van der Waals surface area (Å²) in [5, 5.41) is 12.8. The van der Waals surface area contributed by atoms with Gasteiger partial charge >= 0.3 is 0 Å². The Labute approximate surface area is 157 Å². The van der Waals surface area contributed by atoms with Crippen LogP contribution in [0.3, 0.4) is 0 Å². The Morgan fingerprint density at radius 3 is 2.69 bits per heavy atom. The van der Waals surface area contributed by atoms with Crippen molar-refractivity contribution in [2.45, 2.75) is 30.6 Å². The van der Waals surface area contributed by atoms with Crippen molar-refractivity contribution in [2.24, 2.45) is 0 Å². The van der Waals surface area contributed by atoms with Crippen LogP contribution in [0.1, 0.15) is 39.2 Å². The largest absolute Gasteiger partial charge is 0.312 e. The van der Waals surface area contributed by atoms with Gasteiger partial charge in [0, 0.05) is 24.5 Å². The van der Waals surface area contributed by atoms with Gasteiger partial charge in [-0.05, 0) is 49.4 Å². The summed E-state index contributed by atoms with van der Waals surface area (Å²) in [6.45, 7) is 0. The van der Waals surface area contributed by atoms with Crippen molar-refractivity contribution >= 4 is 32.3 Å². The molecule has 0 saturated heterocycles. The van der Waals surface area contributed by atoms with Crippen LogP contribution >= 0.6 is 11.3 Å². The summed E-state index contributed by atoms with van der Waals surface area (Å²) in [7, 11) is -0.733. The summed E-state index contributed by atoms with van der Waals surface area (Å²) >= 11 is 1.44. The van der Waals surface area contributed by atoms with Crippen molar-refractivity contribution in [2.75, 3.05) is 19.4 Å². The molecule has 1 aromatic heterocycles. The van der Waals surface area contributed by atoms with E-state index >= 15 is 0 Å². The van der Waals surface area contributed by atoms with E-state index in [0.29, 0.717) is 10.6 Å². The Morgan fingerprint density at radius 1 is 1.27 bits per heavy atom. The van der Waals surface area contributed by atoms with Crippen molar-refractivity contribution < 1.29 is 13.2 Å². The van der Waals surface area contributed by atoms with Crippen LogP contribution in [0.2, 0.25) is 0 Å². The molecule has 1 aliphatic rings. The van der Waals surface area contributed by atoms with Gasteiger partial charge in [-0.2, -0.15) is 5.26 Å². The maximum Gasteiger partial charge on any atom is 0.256 e. The van der Waals surface area contributed by atoms with E-state index in [-0.39, 0.29) is 10.5 Å². The summed E-state index contributed by atoms with van der Waals surface area (Å²) < 4.78 is 25.6. The molecule has 0 atom stereocenters. The molecule has 1 heterocycles. The number of carbonyl (C=O) groups excluding carboxylic acids is 1. The van der Waals surface area contributed by atoms with Gasteiger partial charge in [-0.25, -0.2) is 12.7 Å². The molecule has 0 aliphatic heterocycles. The lowest BCUT2D eigenvalue weighted by Crippen LogP contribution is -2.22. The van der Waals surface area contributed by atoms with Crippen LogP contribution in [0.5, 0.6) is 0 Å². The second kappa shape index (κ2) is 7.19. The van der Waals surface area contributed by atoms with E-state index in [4.69, 9.17) is 0 Å². The van der Waals surface area contributed by atoms with Crippen LogP contribution in [-0.4, -0.2) is 32.7 Å². The number of amides is 1. The van der Waals surface area contributed by atoms with E-state index in [1.165, 1.54) is 43.6 Å². The summed E-state index contributed by atoms with van der Waals surface area (Å²) in [6.07, 6.45) is 3.94. The number of rotatable bonds is 4. The molecule has 0 fully saturated rings. The second-order valence-corrected chi connectivity index (χ2v) is 9.55. The Bertz CT molecular complexity index is 1000. The summed E-state index contributed by atoms with van der Waals surface area (Å²) in [5.74, 6) is -0.420. The first kappa shape index (κ1) is 18.6. The zero-order valence-electron chi connectivity index (χ0n) is 14.6. The fraction of sp³-hybridized carbons (Fsp3) is 0.333. The topological polar surface area (TPSA) is 90.3 Å². The first-order chi connectivity index (χ1) is 12.3. The molecule has 0 bridgehead atoms. The zero-order chi connectivity index (χ0) is 18.9. The molecule has 0 unspecified atom stereocenters. The number of thiophene rings is 1. The molecule has 0 saturated carbocycles. The molecule has 3 rings (SSSR count). The standard InChI is InChI=1S/C18H19N3O3S2/c1-21(2)26(23,24)13-7-5-6-12(10-13)17(22)20-18-15(11-19)14-8-3-4-9-16(14)25-18/h5-7,10H,3-4,8-9H2,1-2H3,(H,20,22). The number of sulfonamides is 1. The number of carbonyl (C=O) groups is 1. The van der Waals surface area contributed by atoms with Gasteiger partial charge in [0.2, 0.25) is 10.0 Å². The van der Waals surface area contributed by atoms with Crippen molar-refractivity contribution in [3.8, 4) is 6.07 Å². The van der Waals surface area contributed by atoms with Crippen LogP contribution < -0.4 is 5.32 Å². The lowest BCUT2D eigenvalue weighted by molar-refractivity contribution is 0.102. The molecule has 0 radical (unpaired) electrons. The normalized spacial score (nSPS) is 13.9. The smallest absolute Gasteiger partial charge is 0.256 e. The van der Waals surface area contributed by atoms with Gasteiger partial charge in [-0.1, -0.05) is 6.07 Å². The highest BCUT2D eigenvalue weighted by Gasteiger charge is 2.23. The minimum absolute atomic E-state index is 0.0566. The summed E-state index contributed by atoms with van der Waals surface area (Å²) in [4.78, 5) is 13.8. The third-order valence-corrected chi connectivity index (χ3v) is 7.40.